The molecule has 1 rings (SSSR count). The summed E-state index contributed by atoms with van der Waals surface area (Å²) in [6.45, 7) is 1.34. The van der Waals surface area contributed by atoms with Gasteiger partial charge in [0, 0.05) is 13.0 Å². The molecule has 2 N–H and O–H groups in total. The average Bonchev–Trinajstić information content (AvgIpc) is 2.17. The van der Waals surface area contributed by atoms with Crippen molar-refractivity contribution < 1.29 is 9.53 Å². The molecule has 1 atom stereocenters. The molecule has 0 aromatic heterocycles. The first-order chi connectivity index (χ1) is 7.13. The molecule has 0 unspecified atom stereocenters. The molecule has 0 aliphatic heterocycles. The minimum Gasteiger partial charge on any atom is -0.427 e. The Labute approximate surface area is 88.3 Å². The fraction of sp³-hybridized carbons (Fsp3) is 0.273. The van der Waals surface area contributed by atoms with Gasteiger partial charge in [0.05, 0.1) is 12.5 Å². The van der Waals surface area contributed by atoms with Crippen LogP contribution in [0.3, 0.4) is 0 Å². The molecule has 4 nitrogen and oxygen atoms in total. The largest absolute Gasteiger partial charge is 0.427 e. The van der Waals surface area contributed by atoms with E-state index in [9.17, 15) is 4.79 Å². The number of esters is 1. The van der Waals surface area contributed by atoms with Crippen molar-refractivity contribution in [3.05, 3.63) is 29.8 Å². The number of rotatable bonds is 3. The van der Waals surface area contributed by atoms with Gasteiger partial charge in [0.1, 0.15) is 5.75 Å². The van der Waals surface area contributed by atoms with Gasteiger partial charge in [0.15, 0.2) is 0 Å². The van der Waals surface area contributed by atoms with Gasteiger partial charge in [-0.2, -0.15) is 5.26 Å². The van der Waals surface area contributed by atoms with Gasteiger partial charge in [-0.3, -0.25) is 4.79 Å². The third-order valence-electron chi connectivity index (χ3n) is 1.86. The summed E-state index contributed by atoms with van der Waals surface area (Å²) in [5, 5.41) is 8.50. The van der Waals surface area contributed by atoms with Crippen LogP contribution in [0.15, 0.2) is 24.3 Å². The number of carbonyl (C=O) groups excluding carboxylic acids is 1. The third-order valence-corrected chi connectivity index (χ3v) is 1.86. The highest BCUT2D eigenvalue weighted by atomic mass is 16.5. The van der Waals surface area contributed by atoms with Gasteiger partial charge < -0.3 is 10.5 Å². The van der Waals surface area contributed by atoms with Crippen LogP contribution in [0.1, 0.15) is 24.9 Å². The predicted octanol–water partition coefficient (Wildman–Crippen LogP) is 1.53. The van der Waals surface area contributed by atoms with Crippen molar-refractivity contribution in [1.82, 2.24) is 0 Å². The van der Waals surface area contributed by atoms with Crippen molar-refractivity contribution in [2.24, 2.45) is 5.73 Å². The average molecular weight is 204 g/mol. The topological polar surface area (TPSA) is 76.1 Å². The first-order valence-corrected chi connectivity index (χ1v) is 4.54. The van der Waals surface area contributed by atoms with Gasteiger partial charge in [-0.25, -0.2) is 0 Å². The van der Waals surface area contributed by atoms with E-state index in [0.29, 0.717) is 5.75 Å². The van der Waals surface area contributed by atoms with Crippen LogP contribution in [0.25, 0.3) is 0 Å². The molecule has 1 aromatic carbocycles. The van der Waals surface area contributed by atoms with Gasteiger partial charge >= 0.3 is 5.97 Å². The van der Waals surface area contributed by atoms with Crippen molar-refractivity contribution >= 4 is 5.97 Å². The number of nitrogens with zero attached hydrogens (tertiary/aromatic N) is 1. The highest BCUT2D eigenvalue weighted by Gasteiger charge is 2.06. The van der Waals surface area contributed by atoms with Crippen molar-refractivity contribution in [2.45, 2.75) is 19.4 Å². The molecule has 0 saturated heterocycles. The molecule has 0 heterocycles. The molecule has 0 amide bonds. The summed E-state index contributed by atoms with van der Waals surface area (Å²) in [5.41, 5.74) is 6.53. The van der Waals surface area contributed by atoms with Crippen LogP contribution in [0, 0.1) is 11.3 Å². The fourth-order valence-electron chi connectivity index (χ4n) is 1.19. The molecule has 0 spiro atoms. The summed E-state index contributed by atoms with van der Waals surface area (Å²) in [6, 6.07) is 8.53. The van der Waals surface area contributed by atoms with Crippen LogP contribution in [-0.2, 0) is 4.79 Å². The predicted molar refractivity (Wildman–Crippen MR) is 54.9 cm³/mol. The lowest BCUT2D eigenvalue weighted by molar-refractivity contribution is -0.131. The van der Waals surface area contributed by atoms with Crippen LogP contribution < -0.4 is 10.5 Å². The maximum atomic E-state index is 10.7. The fourth-order valence-corrected chi connectivity index (χ4v) is 1.19. The van der Waals surface area contributed by atoms with E-state index in [4.69, 9.17) is 15.7 Å². The summed E-state index contributed by atoms with van der Waals surface area (Å²) in [5.74, 6) is 0.0781. The molecule has 1 aromatic rings. The number of carbonyl (C=O) groups is 1. The molecule has 15 heavy (non-hydrogen) atoms. The number of hydrogen-bond donors (Lipinski definition) is 1. The normalized spacial score (nSPS) is 11.5. The molecule has 0 bridgehead atoms. The zero-order valence-electron chi connectivity index (χ0n) is 8.43. The quantitative estimate of drug-likeness (QED) is 0.598. The Bertz CT molecular complexity index is 396. The number of nitrogens with two attached hydrogens (primary N) is 1. The standard InChI is InChI=1S/C11H12N2O2/c1-8(14)15-10-4-2-3-9(7-10)11(13)5-6-12/h2-4,7,11H,5,13H2,1H3/t11-/m1/s1. The van der Waals surface area contributed by atoms with Gasteiger partial charge in [0.2, 0.25) is 0 Å². The SMILES string of the molecule is CC(=O)Oc1cccc([C@H](N)CC#N)c1. The molecular formula is C11H12N2O2. The summed E-state index contributed by atoms with van der Waals surface area (Å²) in [6.07, 6.45) is 0.240. The molecule has 0 aliphatic rings. The van der Waals surface area contributed by atoms with Crippen molar-refractivity contribution in [2.75, 3.05) is 0 Å². The van der Waals surface area contributed by atoms with E-state index in [1.165, 1.54) is 6.92 Å². The zero-order valence-corrected chi connectivity index (χ0v) is 8.43. The second-order valence-corrected chi connectivity index (χ2v) is 3.13. The van der Waals surface area contributed by atoms with Crippen LogP contribution in [0.2, 0.25) is 0 Å². The van der Waals surface area contributed by atoms with Crippen LogP contribution in [0.4, 0.5) is 0 Å². The number of ether oxygens (including phenoxy) is 1. The van der Waals surface area contributed by atoms with Crippen LogP contribution in [0.5, 0.6) is 5.75 Å². The van der Waals surface area contributed by atoms with Crippen LogP contribution >= 0.6 is 0 Å². The first kappa shape index (κ1) is 11.2. The highest BCUT2D eigenvalue weighted by Crippen LogP contribution is 2.19. The zero-order chi connectivity index (χ0) is 11.3. The summed E-state index contributed by atoms with van der Waals surface area (Å²) in [4.78, 5) is 10.7. The van der Waals surface area contributed by atoms with E-state index >= 15 is 0 Å². The number of nitriles is 1. The Morgan fingerprint density at radius 2 is 2.40 bits per heavy atom. The molecule has 4 heteroatoms. The van der Waals surface area contributed by atoms with E-state index in [1.54, 1.807) is 24.3 Å². The van der Waals surface area contributed by atoms with E-state index in [1.807, 2.05) is 6.07 Å². The monoisotopic (exact) mass is 204 g/mol. The van der Waals surface area contributed by atoms with Crippen molar-refractivity contribution in [1.29, 1.82) is 5.26 Å². The van der Waals surface area contributed by atoms with E-state index in [0.717, 1.165) is 5.56 Å². The summed E-state index contributed by atoms with van der Waals surface area (Å²) >= 11 is 0. The lowest BCUT2D eigenvalue weighted by atomic mass is 10.1. The lowest BCUT2D eigenvalue weighted by Crippen LogP contribution is -2.09. The molecule has 0 radical (unpaired) electrons. The highest BCUT2D eigenvalue weighted by molar-refractivity contribution is 5.69. The van der Waals surface area contributed by atoms with E-state index in [-0.39, 0.29) is 18.4 Å². The Balaban J connectivity index is 2.83. The molecule has 0 saturated carbocycles. The lowest BCUT2D eigenvalue weighted by Gasteiger charge is -2.09. The van der Waals surface area contributed by atoms with Crippen LogP contribution in [-0.4, -0.2) is 5.97 Å². The van der Waals surface area contributed by atoms with Crippen molar-refractivity contribution in [3.8, 4) is 11.8 Å². The summed E-state index contributed by atoms with van der Waals surface area (Å²) < 4.78 is 4.91. The number of benzene rings is 1. The first-order valence-electron chi connectivity index (χ1n) is 4.54. The van der Waals surface area contributed by atoms with Gasteiger partial charge in [-0.15, -0.1) is 0 Å². The van der Waals surface area contributed by atoms with Gasteiger partial charge in [0.25, 0.3) is 0 Å². The van der Waals surface area contributed by atoms with Crippen molar-refractivity contribution in [3.63, 3.8) is 0 Å². The van der Waals surface area contributed by atoms with Gasteiger partial charge in [-0.1, -0.05) is 12.1 Å². The Morgan fingerprint density at radius 3 is 3.00 bits per heavy atom. The molecular weight excluding hydrogens is 192 g/mol. The van der Waals surface area contributed by atoms with Gasteiger partial charge in [-0.05, 0) is 17.7 Å². The molecule has 0 fully saturated rings. The van der Waals surface area contributed by atoms with E-state index < -0.39 is 0 Å². The molecule has 0 aliphatic carbocycles. The van der Waals surface area contributed by atoms with E-state index in [2.05, 4.69) is 0 Å². The minimum absolute atomic E-state index is 0.240. The Kier molecular flexibility index (Phi) is 3.83. The molecule has 78 valence electrons. The Hall–Kier alpha value is -1.86. The second kappa shape index (κ2) is 5.13. The minimum atomic E-state index is -0.374. The second-order valence-electron chi connectivity index (χ2n) is 3.13. The number of hydrogen-bond acceptors (Lipinski definition) is 4. The third kappa shape index (κ3) is 3.41. The smallest absolute Gasteiger partial charge is 0.308 e. The summed E-state index contributed by atoms with van der Waals surface area (Å²) in [7, 11) is 0. The Morgan fingerprint density at radius 1 is 1.67 bits per heavy atom. The maximum Gasteiger partial charge on any atom is 0.308 e. The maximum absolute atomic E-state index is 10.7.